The molecular formula is C16H22ClN5O3S. The molecule has 10 heteroatoms. The third kappa shape index (κ3) is 4.60. The van der Waals surface area contributed by atoms with E-state index in [1.165, 1.54) is 4.68 Å². The Morgan fingerprint density at radius 2 is 1.85 bits per heavy atom. The number of rotatable bonds is 4. The SMILES string of the molecule is C[C@H](N)c1nc(-c2ccccc2)nn1CC(=O)N1CCS(=O)(=O)CC1.Cl. The first-order valence-electron chi connectivity index (χ1n) is 8.10. The highest BCUT2D eigenvalue weighted by molar-refractivity contribution is 7.91. The number of nitrogens with zero attached hydrogens (tertiary/aromatic N) is 4. The lowest BCUT2D eigenvalue weighted by molar-refractivity contribution is -0.131. The van der Waals surface area contributed by atoms with Crippen molar-refractivity contribution in [3.8, 4) is 11.4 Å². The first-order chi connectivity index (χ1) is 11.9. The molecule has 8 nitrogen and oxygen atoms in total. The number of halogens is 1. The van der Waals surface area contributed by atoms with Gasteiger partial charge in [-0.05, 0) is 6.92 Å². The fraction of sp³-hybridized carbons (Fsp3) is 0.438. The topological polar surface area (TPSA) is 111 Å². The van der Waals surface area contributed by atoms with Crippen LogP contribution in [-0.2, 0) is 21.2 Å². The summed E-state index contributed by atoms with van der Waals surface area (Å²) in [6.07, 6.45) is 0. The van der Waals surface area contributed by atoms with E-state index in [0.29, 0.717) is 11.6 Å². The van der Waals surface area contributed by atoms with Crippen LogP contribution in [0.25, 0.3) is 11.4 Å². The summed E-state index contributed by atoms with van der Waals surface area (Å²) in [5.74, 6) is 0.872. The Balaban J connectivity index is 0.00000243. The minimum absolute atomic E-state index is 0. The molecule has 1 amide bonds. The van der Waals surface area contributed by atoms with Gasteiger partial charge >= 0.3 is 0 Å². The number of nitrogens with two attached hydrogens (primary N) is 1. The first-order valence-corrected chi connectivity index (χ1v) is 9.92. The summed E-state index contributed by atoms with van der Waals surface area (Å²) >= 11 is 0. The van der Waals surface area contributed by atoms with Gasteiger partial charge in [0.2, 0.25) is 5.91 Å². The predicted molar refractivity (Wildman–Crippen MR) is 101 cm³/mol. The number of benzene rings is 1. The molecule has 0 saturated carbocycles. The number of aromatic nitrogens is 3. The number of amides is 1. The van der Waals surface area contributed by atoms with Crippen molar-refractivity contribution in [1.82, 2.24) is 19.7 Å². The zero-order valence-electron chi connectivity index (χ0n) is 14.4. The Labute approximate surface area is 158 Å². The summed E-state index contributed by atoms with van der Waals surface area (Å²) in [6, 6.07) is 9.09. The van der Waals surface area contributed by atoms with Crippen molar-refractivity contribution >= 4 is 28.2 Å². The van der Waals surface area contributed by atoms with Crippen molar-refractivity contribution in [2.45, 2.75) is 19.5 Å². The summed E-state index contributed by atoms with van der Waals surface area (Å²) in [4.78, 5) is 18.5. The monoisotopic (exact) mass is 399 g/mol. The molecule has 2 N–H and O–H groups in total. The van der Waals surface area contributed by atoms with Crippen LogP contribution in [0.3, 0.4) is 0 Å². The van der Waals surface area contributed by atoms with Gasteiger partial charge in [0.1, 0.15) is 12.4 Å². The van der Waals surface area contributed by atoms with Gasteiger partial charge in [-0.3, -0.25) is 4.79 Å². The maximum atomic E-state index is 12.5. The van der Waals surface area contributed by atoms with Gasteiger partial charge in [0.25, 0.3) is 0 Å². The Morgan fingerprint density at radius 3 is 2.42 bits per heavy atom. The summed E-state index contributed by atoms with van der Waals surface area (Å²) in [5.41, 5.74) is 6.82. The molecule has 0 bridgehead atoms. The predicted octanol–water partition coefficient (Wildman–Crippen LogP) is 0.644. The maximum Gasteiger partial charge on any atom is 0.244 e. The van der Waals surface area contributed by atoms with Crippen molar-refractivity contribution < 1.29 is 13.2 Å². The molecule has 0 spiro atoms. The Bertz CT molecular complexity index is 853. The smallest absolute Gasteiger partial charge is 0.244 e. The number of sulfone groups is 1. The van der Waals surface area contributed by atoms with E-state index in [4.69, 9.17) is 5.73 Å². The van der Waals surface area contributed by atoms with Crippen LogP contribution < -0.4 is 5.73 Å². The van der Waals surface area contributed by atoms with E-state index < -0.39 is 9.84 Å². The molecule has 26 heavy (non-hydrogen) atoms. The van der Waals surface area contributed by atoms with E-state index in [2.05, 4.69) is 10.1 Å². The molecule has 1 aromatic heterocycles. The lowest BCUT2D eigenvalue weighted by atomic mass is 10.2. The van der Waals surface area contributed by atoms with Crippen LogP contribution in [0.1, 0.15) is 18.8 Å². The molecule has 2 heterocycles. The average Bonchev–Trinajstić information content (AvgIpc) is 2.99. The molecule has 1 aliphatic rings. The number of carbonyl (C=O) groups excluding carboxylic acids is 1. The molecule has 1 fully saturated rings. The molecule has 0 unspecified atom stereocenters. The second-order valence-electron chi connectivity index (χ2n) is 6.14. The van der Waals surface area contributed by atoms with E-state index in [9.17, 15) is 13.2 Å². The molecule has 1 saturated heterocycles. The van der Waals surface area contributed by atoms with Gasteiger partial charge in [-0.25, -0.2) is 18.1 Å². The fourth-order valence-electron chi connectivity index (χ4n) is 2.71. The summed E-state index contributed by atoms with van der Waals surface area (Å²) in [5, 5.41) is 4.42. The molecule has 0 aliphatic carbocycles. The standard InChI is InChI=1S/C16H21N5O3S.ClH/c1-12(17)16-18-15(13-5-3-2-4-6-13)19-21(16)11-14(22)20-7-9-25(23,24)10-8-20;/h2-6,12H,7-11,17H2,1H3;1H/t12-;/m0./s1. The van der Waals surface area contributed by atoms with E-state index in [-0.39, 0.29) is 55.5 Å². The largest absolute Gasteiger partial charge is 0.339 e. The van der Waals surface area contributed by atoms with Crippen molar-refractivity contribution in [3.05, 3.63) is 36.2 Å². The zero-order chi connectivity index (χ0) is 18.0. The zero-order valence-corrected chi connectivity index (χ0v) is 16.0. The highest BCUT2D eigenvalue weighted by atomic mass is 35.5. The van der Waals surface area contributed by atoms with Crippen LogP contribution in [-0.4, -0.2) is 58.6 Å². The van der Waals surface area contributed by atoms with Crippen molar-refractivity contribution in [3.63, 3.8) is 0 Å². The fourth-order valence-corrected chi connectivity index (χ4v) is 3.91. The quantitative estimate of drug-likeness (QED) is 0.807. The highest BCUT2D eigenvalue weighted by Gasteiger charge is 2.26. The van der Waals surface area contributed by atoms with Gasteiger partial charge in [0.15, 0.2) is 15.7 Å². The van der Waals surface area contributed by atoms with Crippen molar-refractivity contribution in [2.24, 2.45) is 5.73 Å². The van der Waals surface area contributed by atoms with Gasteiger partial charge in [0, 0.05) is 18.7 Å². The molecule has 142 valence electrons. The van der Waals surface area contributed by atoms with Crippen LogP contribution >= 0.6 is 12.4 Å². The molecule has 3 rings (SSSR count). The number of hydrogen-bond acceptors (Lipinski definition) is 6. The van der Waals surface area contributed by atoms with Crippen LogP contribution in [0.15, 0.2) is 30.3 Å². The molecule has 1 atom stereocenters. The Kier molecular flexibility index (Phi) is 6.38. The molecular weight excluding hydrogens is 378 g/mol. The molecule has 2 aromatic rings. The maximum absolute atomic E-state index is 12.5. The highest BCUT2D eigenvalue weighted by Crippen LogP contribution is 2.18. The Morgan fingerprint density at radius 1 is 1.23 bits per heavy atom. The van der Waals surface area contributed by atoms with E-state index in [1.54, 1.807) is 11.8 Å². The summed E-state index contributed by atoms with van der Waals surface area (Å²) in [7, 11) is -3.02. The van der Waals surface area contributed by atoms with E-state index >= 15 is 0 Å². The lowest BCUT2D eigenvalue weighted by Gasteiger charge is -2.26. The normalized spacial score (nSPS) is 17.4. The van der Waals surface area contributed by atoms with Crippen LogP contribution in [0.2, 0.25) is 0 Å². The Hall–Kier alpha value is -1.97. The molecule has 0 radical (unpaired) electrons. The van der Waals surface area contributed by atoms with Gasteiger partial charge in [-0.2, -0.15) is 5.10 Å². The lowest BCUT2D eigenvalue weighted by Crippen LogP contribution is -2.45. The third-order valence-electron chi connectivity index (χ3n) is 4.12. The molecule has 1 aromatic carbocycles. The summed E-state index contributed by atoms with van der Waals surface area (Å²) in [6.45, 7) is 2.22. The van der Waals surface area contributed by atoms with E-state index in [1.807, 2.05) is 30.3 Å². The van der Waals surface area contributed by atoms with Crippen LogP contribution in [0, 0.1) is 0 Å². The third-order valence-corrected chi connectivity index (χ3v) is 5.73. The van der Waals surface area contributed by atoms with Crippen LogP contribution in [0.5, 0.6) is 0 Å². The van der Waals surface area contributed by atoms with Crippen molar-refractivity contribution in [1.29, 1.82) is 0 Å². The first kappa shape index (κ1) is 20.3. The number of carbonyl (C=O) groups is 1. The minimum atomic E-state index is -3.02. The van der Waals surface area contributed by atoms with E-state index in [0.717, 1.165) is 5.56 Å². The van der Waals surface area contributed by atoms with Gasteiger partial charge in [-0.15, -0.1) is 12.4 Å². The van der Waals surface area contributed by atoms with Crippen molar-refractivity contribution in [2.75, 3.05) is 24.6 Å². The molecule has 1 aliphatic heterocycles. The van der Waals surface area contributed by atoms with Crippen LogP contribution in [0.4, 0.5) is 0 Å². The summed E-state index contributed by atoms with van der Waals surface area (Å²) < 4.78 is 24.5. The average molecular weight is 400 g/mol. The second-order valence-corrected chi connectivity index (χ2v) is 8.44. The second kappa shape index (κ2) is 8.15. The van der Waals surface area contributed by atoms with Gasteiger partial charge in [0.05, 0.1) is 17.5 Å². The van der Waals surface area contributed by atoms with Gasteiger partial charge in [-0.1, -0.05) is 30.3 Å². The number of hydrogen-bond donors (Lipinski definition) is 1. The van der Waals surface area contributed by atoms with Gasteiger partial charge < -0.3 is 10.6 Å². The minimum Gasteiger partial charge on any atom is -0.339 e.